The summed E-state index contributed by atoms with van der Waals surface area (Å²) in [4.78, 5) is 11.1. The molecule has 0 spiro atoms. The van der Waals surface area contributed by atoms with Gasteiger partial charge in [0.1, 0.15) is 0 Å². The third-order valence-corrected chi connectivity index (χ3v) is 1.82. The van der Waals surface area contributed by atoms with E-state index in [1.807, 2.05) is 12.1 Å². The summed E-state index contributed by atoms with van der Waals surface area (Å²) in [5.41, 5.74) is 1.50. The van der Waals surface area contributed by atoms with E-state index in [4.69, 9.17) is 5.11 Å². The van der Waals surface area contributed by atoms with Gasteiger partial charge in [0.05, 0.1) is 6.61 Å². The molecule has 0 aliphatic rings. The Morgan fingerprint density at radius 1 is 1.50 bits per heavy atom. The van der Waals surface area contributed by atoms with E-state index < -0.39 is 0 Å². The SMILES string of the molecule is CNC(=O)Nc1cccc(C#CCCO)c1. The highest BCUT2D eigenvalue weighted by molar-refractivity contribution is 5.89. The van der Waals surface area contributed by atoms with Gasteiger partial charge in [-0.1, -0.05) is 17.9 Å². The van der Waals surface area contributed by atoms with Gasteiger partial charge in [-0.3, -0.25) is 0 Å². The quantitative estimate of drug-likeness (QED) is 0.652. The zero-order valence-electron chi connectivity index (χ0n) is 9.08. The standard InChI is InChI=1S/C12H14N2O2/c1-13-12(16)14-11-7-4-6-10(9-11)5-2-3-8-15/h4,6-7,9,15H,3,8H2,1H3,(H2,13,14,16). The van der Waals surface area contributed by atoms with Crippen LogP contribution in [0.25, 0.3) is 0 Å². The maximum absolute atomic E-state index is 11.1. The summed E-state index contributed by atoms with van der Waals surface area (Å²) in [5.74, 6) is 5.71. The second-order valence-corrected chi connectivity index (χ2v) is 3.06. The fourth-order valence-electron chi connectivity index (χ4n) is 1.09. The van der Waals surface area contributed by atoms with Crippen LogP contribution in [-0.2, 0) is 0 Å². The third kappa shape index (κ3) is 4.03. The van der Waals surface area contributed by atoms with Gasteiger partial charge in [-0.15, -0.1) is 0 Å². The van der Waals surface area contributed by atoms with Gasteiger partial charge in [-0.2, -0.15) is 0 Å². The predicted molar refractivity (Wildman–Crippen MR) is 63.1 cm³/mol. The molecule has 0 atom stereocenters. The number of aliphatic hydroxyl groups excluding tert-OH is 1. The van der Waals surface area contributed by atoms with Crippen molar-refractivity contribution < 1.29 is 9.90 Å². The number of amides is 2. The molecule has 4 nitrogen and oxygen atoms in total. The number of nitrogens with one attached hydrogen (secondary N) is 2. The van der Waals surface area contributed by atoms with E-state index in [0.717, 1.165) is 5.56 Å². The number of hydrogen-bond acceptors (Lipinski definition) is 2. The Kier molecular flexibility index (Phi) is 4.90. The Bertz CT molecular complexity index is 419. The van der Waals surface area contributed by atoms with Crippen LogP contribution in [0.1, 0.15) is 12.0 Å². The lowest BCUT2D eigenvalue weighted by Crippen LogP contribution is -2.24. The smallest absolute Gasteiger partial charge is 0.318 e. The van der Waals surface area contributed by atoms with Crippen molar-refractivity contribution in [3.05, 3.63) is 29.8 Å². The number of aliphatic hydroxyl groups is 1. The van der Waals surface area contributed by atoms with E-state index in [-0.39, 0.29) is 12.6 Å². The molecule has 0 fully saturated rings. The van der Waals surface area contributed by atoms with Crippen LogP contribution in [0.4, 0.5) is 10.5 Å². The van der Waals surface area contributed by atoms with E-state index >= 15 is 0 Å². The second-order valence-electron chi connectivity index (χ2n) is 3.06. The van der Waals surface area contributed by atoms with Gasteiger partial charge in [-0.25, -0.2) is 4.79 Å². The molecule has 16 heavy (non-hydrogen) atoms. The maximum atomic E-state index is 11.1. The van der Waals surface area contributed by atoms with Crippen LogP contribution in [0, 0.1) is 11.8 Å². The largest absolute Gasteiger partial charge is 0.395 e. The second kappa shape index (κ2) is 6.49. The summed E-state index contributed by atoms with van der Waals surface area (Å²) in [5, 5.41) is 13.7. The summed E-state index contributed by atoms with van der Waals surface area (Å²) < 4.78 is 0. The van der Waals surface area contributed by atoms with Crippen molar-refractivity contribution in [2.45, 2.75) is 6.42 Å². The number of hydrogen-bond donors (Lipinski definition) is 3. The monoisotopic (exact) mass is 218 g/mol. The van der Waals surface area contributed by atoms with Crippen molar-refractivity contribution >= 4 is 11.7 Å². The number of anilines is 1. The Labute approximate surface area is 94.7 Å². The predicted octanol–water partition coefficient (Wildman–Crippen LogP) is 1.17. The molecule has 84 valence electrons. The first kappa shape index (κ1) is 12.1. The lowest BCUT2D eigenvalue weighted by atomic mass is 10.2. The normalized spacial score (nSPS) is 8.88. The molecule has 4 heteroatoms. The molecule has 0 aromatic heterocycles. The van der Waals surface area contributed by atoms with Crippen molar-refractivity contribution in [2.24, 2.45) is 0 Å². The van der Waals surface area contributed by atoms with Crippen molar-refractivity contribution in [3.63, 3.8) is 0 Å². The highest BCUT2D eigenvalue weighted by atomic mass is 16.2. The van der Waals surface area contributed by atoms with Gasteiger partial charge in [0.15, 0.2) is 0 Å². The molecular weight excluding hydrogens is 204 g/mol. The average Bonchev–Trinajstić information content (AvgIpc) is 2.30. The van der Waals surface area contributed by atoms with Crippen LogP contribution in [0.5, 0.6) is 0 Å². The first-order valence-electron chi connectivity index (χ1n) is 4.95. The molecular formula is C12H14N2O2. The first-order chi connectivity index (χ1) is 7.76. The minimum atomic E-state index is -0.263. The van der Waals surface area contributed by atoms with Gasteiger partial charge in [0, 0.05) is 24.7 Å². The van der Waals surface area contributed by atoms with Crippen LogP contribution in [-0.4, -0.2) is 24.8 Å². The zero-order chi connectivity index (χ0) is 11.8. The highest BCUT2D eigenvalue weighted by Gasteiger charge is 1.97. The van der Waals surface area contributed by atoms with E-state index in [9.17, 15) is 4.79 Å². The van der Waals surface area contributed by atoms with E-state index in [0.29, 0.717) is 12.1 Å². The van der Waals surface area contributed by atoms with Gasteiger partial charge >= 0.3 is 6.03 Å². The van der Waals surface area contributed by atoms with Crippen LogP contribution >= 0.6 is 0 Å². The van der Waals surface area contributed by atoms with Gasteiger partial charge < -0.3 is 15.7 Å². The minimum absolute atomic E-state index is 0.0587. The van der Waals surface area contributed by atoms with Crippen LogP contribution in [0.3, 0.4) is 0 Å². The summed E-state index contributed by atoms with van der Waals surface area (Å²) >= 11 is 0. The fourth-order valence-corrected chi connectivity index (χ4v) is 1.09. The van der Waals surface area contributed by atoms with Crippen LogP contribution < -0.4 is 10.6 Å². The number of carbonyl (C=O) groups excluding carboxylic acids is 1. The molecule has 0 unspecified atom stereocenters. The molecule has 0 bridgehead atoms. The third-order valence-electron chi connectivity index (χ3n) is 1.82. The summed E-state index contributed by atoms with van der Waals surface area (Å²) in [6.45, 7) is 0.0587. The van der Waals surface area contributed by atoms with Gasteiger partial charge in [0.25, 0.3) is 0 Å². The lowest BCUT2D eigenvalue weighted by Gasteiger charge is -2.03. The Hall–Kier alpha value is -1.99. The summed E-state index contributed by atoms with van der Waals surface area (Å²) in [6, 6.07) is 6.96. The number of benzene rings is 1. The molecule has 1 rings (SSSR count). The molecule has 0 saturated carbocycles. The van der Waals surface area contributed by atoms with E-state index in [1.54, 1.807) is 19.2 Å². The average molecular weight is 218 g/mol. The number of rotatable bonds is 2. The van der Waals surface area contributed by atoms with Gasteiger partial charge in [-0.05, 0) is 18.2 Å². The molecule has 3 N–H and O–H groups in total. The van der Waals surface area contributed by atoms with E-state index in [2.05, 4.69) is 22.5 Å². The minimum Gasteiger partial charge on any atom is -0.395 e. The van der Waals surface area contributed by atoms with Crippen molar-refractivity contribution in [1.82, 2.24) is 5.32 Å². The molecule has 1 aromatic carbocycles. The summed E-state index contributed by atoms with van der Waals surface area (Å²) in [6.07, 6.45) is 0.451. The Morgan fingerprint density at radius 2 is 2.31 bits per heavy atom. The molecule has 2 amide bonds. The van der Waals surface area contributed by atoms with Crippen molar-refractivity contribution in [2.75, 3.05) is 19.0 Å². The lowest BCUT2D eigenvalue weighted by molar-refractivity contribution is 0.254. The molecule has 1 aromatic rings. The fraction of sp³-hybridized carbons (Fsp3) is 0.250. The van der Waals surface area contributed by atoms with Crippen LogP contribution in [0.2, 0.25) is 0 Å². The van der Waals surface area contributed by atoms with Gasteiger partial charge in [0.2, 0.25) is 0 Å². The number of carbonyl (C=O) groups is 1. The maximum Gasteiger partial charge on any atom is 0.318 e. The molecule has 0 saturated heterocycles. The summed E-state index contributed by atoms with van der Waals surface area (Å²) in [7, 11) is 1.56. The molecule has 0 aliphatic heterocycles. The van der Waals surface area contributed by atoms with Crippen molar-refractivity contribution in [3.8, 4) is 11.8 Å². The number of urea groups is 1. The molecule has 0 aliphatic carbocycles. The van der Waals surface area contributed by atoms with Crippen LogP contribution in [0.15, 0.2) is 24.3 Å². The van der Waals surface area contributed by atoms with E-state index in [1.165, 1.54) is 0 Å². The highest BCUT2D eigenvalue weighted by Crippen LogP contribution is 2.09. The zero-order valence-corrected chi connectivity index (χ0v) is 9.08. The first-order valence-corrected chi connectivity index (χ1v) is 4.95. The Balaban J connectivity index is 2.72. The van der Waals surface area contributed by atoms with Crippen molar-refractivity contribution in [1.29, 1.82) is 0 Å². The molecule has 0 radical (unpaired) electrons. The Morgan fingerprint density at radius 3 is 3.00 bits per heavy atom. The topological polar surface area (TPSA) is 61.4 Å². The molecule has 0 heterocycles.